The molecule has 2 aromatic rings. The Morgan fingerprint density at radius 3 is 2.66 bits per heavy atom. The standard InChI is InChI=1S/C20H24ClN3O4S/c1-23(2)18(15-6-4-5-7-16(15)21)11-22-20(25)13-29-12-14-8-9-19(28-3)17(10-14)24(26)27/h4-10,18H,11-13H2,1-3H3,(H,22,25). The summed E-state index contributed by atoms with van der Waals surface area (Å²) in [5, 5.41) is 14.7. The number of nitrogens with one attached hydrogen (secondary N) is 1. The Bertz CT molecular complexity index is 863. The number of carbonyl (C=O) groups is 1. The first kappa shape index (κ1) is 23.0. The molecule has 0 spiro atoms. The van der Waals surface area contributed by atoms with Crippen LogP contribution in [0.3, 0.4) is 0 Å². The Hall–Kier alpha value is -2.29. The van der Waals surface area contributed by atoms with Gasteiger partial charge in [0.25, 0.3) is 0 Å². The highest BCUT2D eigenvalue weighted by molar-refractivity contribution is 7.99. The van der Waals surface area contributed by atoms with Crippen molar-refractivity contribution >= 4 is 35.0 Å². The van der Waals surface area contributed by atoms with Crippen molar-refractivity contribution in [3.63, 3.8) is 0 Å². The summed E-state index contributed by atoms with van der Waals surface area (Å²) in [6.45, 7) is 0.435. The number of thioether (sulfide) groups is 1. The second kappa shape index (κ2) is 11.0. The first-order valence-electron chi connectivity index (χ1n) is 8.90. The molecule has 0 aliphatic rings. The van der Waals surface area contributed by atoms with Crippen molar-refractivity contribution < 1.29 is 14.5 Å². The molecular formula is C20H24ClN3O4S. The van der Waals surface area contributed by atoms with Gasteiger partial charge in [0, 0.05) is 23.4 Å². The largest absolute Gasteiger partial charge is 0.490 e. The molecule has 1 amide bonds. The van der Waals surface area contributed by atoms with E-state index in [1.54, 1.807) is 12.1 Å². The fourth-order valence-electron chi connectivity index (χ4n) is 2.81. The highest BCUT2D eigenvalue weighted by Crippen LogP contribution is 2.29. The van der Waals surface area contributed by atoms with E-state index < -0.39 is 4.92 Å². The lowest BCUT2D eigenvalue weighted by atomic mass is 10.1. The highest BCUT2D eigenvalue weighted by Gasteiger charge is 2.18. The summed E-state index contributed by atoms with van der Waals surface area (Å²) in [6, 6.07) is 12.3. The molecule has 0 bridgehead atoms. The molecule has 29 heavy (non-hydrogen) atoms. The van der Waals surface area contributed by atoms with Gasteiger partial charge in [0.05, 0.1) is 23.8 Å². The van der Waals surface area contributed by atoms with Crippen LogP contribution in [-0.2, 0) is 10.5 Å². The summed E-state index contributed by atoms with van der Waals surface area (Å²) in [5.41, 5.74) is 1.64. The summed E-state index contributed by atoms with van der Waals surface area (Å²) in [7, 11) is 5.27. The molecule has 0 saturated carbocycles. The maximum Gasteiger partial charge on any atom is 0.311 e. The zero-order valence-corrected chi connectivity index (χ0v) is 18.1. The lowest BCUT2D eigenvalue weighted by molar-refractivity contribution is -0.385. The molecule has 7 nitrogen and oxygen atoms in total. The molecule has 0 saturated heterocycles. The second-order valence-electron chi connectivity index (χ2n) is 6.56. The third-order valence-electron chi connectivity index (χ3n) is 4.32. The van der Waals surface area contributed by atoms with E-state index in [0.717, 1.165) is 11.1 Å². The van der Waals surface area contributed by atoms with Crippen molar-refractivity contribution in [2.45, 2.75) is 11.8 Å². The fourth-order valence-corrected chi connectivity index (χ4v) is 3.87. The van der Waals surface area contributed by atoms with Crippen LogP contribution in [0.2, 0.25) is 5.02 Å². The number of nitrogens with zero attached hydrogens (tertiary/aromatic N) is 2. The van der Waals surface area contributed by atoms with Crippen LogP contribution in [-0.4, -0.2) is 49.2 Å². The van der Waals surface area contributed by atoms with E-state index in [9.17, 15) is 14.9 Å². The summed E-state index contributed by atoms with van der Waals surface area (Å²) < 4.78 is 5.00. The molecule has 156 valence electrons. The monoisotopic (exact) mass is 437 g/mol. The number of benzene rings is 2. The van der Waals surface area contributed by atoms with E-state index in [1.807, 2.05) is 43.3 Å². The number of hydrogen-bond acceptors (Lipinski definition) is 6. The highest BCUT2D eigenvalue weighted by atomic mass is 35.5. The smallest absolute Gasteiger partial charge is 0.311 e. The zero-order chi connectivity index (χ0) is 21.4. The van der Waals surface area contributed by atoms with Crippen molar-refractivity contribution in [2.75, 3.05) is 33.5 Å². The molecule has 2 aromatic carbocycles. The lowest BCUT2D eigenvalue weighted by Crippen LogP contribution is -2.35. The summed E-state index contributed by atoms with van der Waals surface area (Å²) in [6.07, 6.45) is 0. The Kier molecular flexibility index (Phi) is 8.75. The van der Waals surface area contributed by atoms with Crippen LogP contribution in [0.15, 0.2) is 42.5 Å². The number of halogens is 1. The van der Waals surface area contributed by atoms with Gasteiger partial charge in [0.15, 0.2) is 5.75 Å². The van der Waals surface area contributed by atoms with Crippen molar-refractivity contribution in [2.24, 2.45) is 0 Å². The van der Waals surface area contributed by atoms with Crippen LogP contribution < -0.4 is 10.1 Å². The van der Waals surface area contributed by atoms with Crippen LogP contribution in [0.1, 0.15) is 17.2 Å². The molecule has 0 fully saturated rings. The van der Waals surface area contributed by atoms with Gasteiger partial charge in [-0.3, -0.25) is 14.9 Å². The zero-order valence-electron chi connectivity index (χ0n) is 16.6. The van der Waals surface area contributed by atoms with E-state index in [-0.39, 0.29) is 29.1 Å². The molecular weight excluding hydrogens is 414 g/mol. The molecule has 1 atom stereocenters. The molecule has 0 radical (unpaired) electrons. The number of hydrogen-bond donors (Lipinski definition) is 1. The minimum Gasteiger partial charge on any atom is -0.490 e. The van der Waals surface area contributed by atoms with Crippen LogP contribution in [0.5, 0.6) is 5.75 Å². The number of nitro groups is 1. The van der Waals surface area contributed by atoms with E-state index in [2.05, 4.69) is 5.32 Å². The van der Waals surface area contributed by atoms with Crippen LogP contribution in [0.25, 0.3) is 0 Å². The molecule has 0 aliphatic heterocycles. The fraction of sp³-hybridized carbons (Fsp3) is 0.350. The number of carbonyl (C=O) groups excluding carboxylic acids is 1. The molecule has 0 heterocycles. The van der Waals surface area contributed by atoms with E-state index in [1.165, 1.54) is 24.9 Å². The van der Waals surface area contributed by atoms with Gasteiger partial charge < -0.3 is 15.0 Å². The lowest BCUT2D eigenvalue weighted by Gasteiger charge is -2.26. The average Bonchev–Trinajstić information content (AvgIpc) is 2.69. The van der Waals surface area contributed by atoms with E-state index >= 15 is 0 Å². The van der Waals surface area contributed by atoms with Crippen molar-refractivity contribution in [3.05, 3.63) is 68.7 Å². The number of amides is 1. The predicted octanol–water partition coefficient (Wildman–Crippen LogP) is 3.91. The Morgan fingerprint density at radius 2 is 2.03 bits per heavy atom. The van der Waals surface area contributed by atoms with Gasteiger partial charge in [-0.2, -0.15) is 0 Å². The Balaban J connectivity index is 1.87. The first-order valence-corrected chi connectivity index (χ1v) is 10.4. The number of methoxy groups -OCH3 is 1. The van der Waals surface area contributed by atoms with Crippen molar-refractivity contribution in [3.8, 4) is 5.75 Å². The molecule has 1 unspecified atom stereocenters. The minimum atomic E-state index is -0.476. The van der Waals surface area contributed by atoms with Gasteiger partial charge in [-0.05, 0) is 37.4 Å². The van der Waals surface area contributed by atoms with Gasteiger partial charge in [-0.1, -0.05) is 35.9 Å². The molecule has 0 aromatic heterocycles. The summed E-state index contributed by atoms with van der Waals surface area (Å²) >= 11 is 7.68. The third kappa shape index (κ3) is 6.62. The van der Waals surface area contributed by atoms with E-state index in [0.29, 0.717) is 17.3 Å². The van der Waals surface area contributed by atoms with Crippen LogP contribution in [0.4, 0.5) is 5.69 Å². The third-order valence-corrected chi connectivity index (χ3v) is 5.67. The van der Waals surface area contributed by atoms with Crippen molar-refractivity contribution in [1.29, 1.82) is 0 Å². The average molecular weight is 438 g/mol. The number of ether oxygens (including phenoxy) is 1. The van der Waals surface area contributed by atoms with Crippen LogP contribution >= 0.6 is 23.4 Å². The van der Waals surface area contributed by atoms with E-state index in [4.69, 9.17) is 16.3 Å². The Labute approximate surface area is 179 Å². The maximum absolute atomic E-state index is 12.2. The van der Waals surface area contributed by atoms with Gasteiger partial charge >= 0.3 is 5.69 Å². The summed E-state index contributed by atoms with van der Waals surface area (Å²) in [4.78, 5) is 24.9. The first-order chi connectivity index (χ1) is 13.8. The van der Waals surface area contributed by atoms with Gasteiger partial charge in [-0.25, -0.2) is 0 Å². The normalized spacial score (nSPS) is 11.9. The molecule has 0 aliphatic carbocycles. The molecule has 9 heteroatoms. The maximum atomic E-state index is 12.2. The summed E-state index contributed by atoms with van der Waals surface area (Å²) in [5.74, 6) is 0.857. The van der Waals surface area contributed by atoms with Gasteiger partial charge in [-0.15, -0.1) is 11.8 Å². The number of rotatable bonds is 10. The van der Waals surface area contributed by atoms with Gasteiger partial charge in [0.2, 0.25) is 5.91 Å². The number of likely N-dealkylation sites (N-methyl/N-ethyl adjacent to an activating group) is 1. The van der Waals surface area contributed by atoms with Gasteiger partial charge in [0.1, 0.15) is 0 Å². The van der Waals surface area contributed by atoms with Crippen LogP contribution in [0, 0.1) is 10.1 Å². The second-order valence-corrected chi connectivity index (χ2v) is 7.95. The molecule has 2 rings (SSSR count). The topological polar surface area (TPSA) is 84.7 Å². The quantitative estimate of drug-likeness (QED) is 0.448. The molecule has 1 N–H and O–H groups in total. The van der Waals surface area contributed by atoms with Crippen molar-refractivity contribution in [1.82, 2.24) is 10.2 Å². The number of nitro benzene ring substituents is 1. The Morgan fingerprint density at radius 1 is 1.31 bits per heavy atom. The minimum absolute atomic E-state index is 0.0399. The predicted molar refractivity (Wildman–Crippen MR) is 117 cm³/mol. The SMILES string of the molecule is COc1ccc(CSCC(=O)NCC(c2ccccc2Cl)N(C)C)cc1[N+](=O)[O-].